The second kappa shape index (κ2) is 67.3. The third kappa shape index (κ3) is 67.2. The largest absolute Gasteiger partial charge is 0.472 e. The normalized spacial score (nSPS) is 13.8. The maximum atomic E-state index is 12.8. The number of phosphoric acid groups is 1. The van der Waals surface area contributed by atoms with E-state index in [4.69, 9.17) is 24.3 Å². The highest BCUT2D eigenvalue weighted by atomic mass is 31.2. The van der Waals surface area contributed by atoms with Crippen molar-refractivity contribution < 1.29 is 37.6 Å². The molecule has 0 aromatic carbocycles. The molecule has 2 atom stereocenters. The second-order valence-electron chi connectivity index (χ2n) is 22.0. The van der Waals surface area contributed by atoms with Crippen LogP contribution in [0.5, 0.6) is 0 Å². The van der Waals surface area contributed by atoms with Gasteiger partial charge in [0.25, 0.3) is 0 Å². The third-order valence-corrected chi connectivity index (χ3v) is 15.0. The first kappa shape index (κ1) is 79.2. The number of phosphoric ester groups is 1. The summed E-state index contributed by atoms with van der Waals surface area (Å²) in [5.41, 5.74) is 5.40. The molecule has 0 saturated carbocycles. The van der Waals surface area contributed by atoms with Crippen LogP contribution in [0.2, 0.25) is 0 Å². The molecule has 83 heavy (non-hydrogen) atoms. The van der Waals surface area contributed by atoms with E-state index in [9.17, 15) is 19.0 Å². The Morgan fingerprint density at radius 3 is 0.988 bits per heavy atom. The molecule has 0 aliphatic heterocycles. The Morgan fingerprint density at radius 1 is 0.373 bits per heavy atom. The van der Waals surface area contributed by atoms with Gasteiger partial charge in [-0.05, 0) is 116 Å². The molecule has 474 valence electrons. The van der Waals surface area contributed by atoms with E-state index >= 15 is 0 Å². The molecule has 0 aromatic heterocycles. The van der Waals surface area contributed by atoms with E-state index in [1.807, 2.05) is 0 Å². The van der Waals surface area contributed by atoms with E-state index in [-0.39, 0.29) is 38.6 Å². The van der Waals surface area contributed by atoms with Gasteiger partial charge in [-0.2, -0.15) is 0 Å². The fourth-order valence-corrected chi connectivity index (χ4v) is 9.84. The van der Waals surface area contributed by atoms with Crippen molar-refractivity contribution in [1.29, 1.82) is 0 Å². The Hall–Kier alpha value is -3.85. The van der Waals surface area contributed by atoms with Crippen molar-refractivity contribution in [1.82, 2.24) is 0 Å². The number of hydrogen-bond acceptors (Lipinski definition) is 8. The molecular weight excluding hydrogens is 1050 g/mol. The molecule has 0 saturated heterocycles. The minimum Gasteiger partial charge on any atom is -0.462 e. The summed E-state index contributed by atoms with van der Waals surface area (Å²) in [4.78, 5) is 35.3. The van der Waals surface area contributed by atoms with Crippen LogP contribution in [0, 0.1) is 0 Å². The zero-order valence-corrected chi connectivity index (χ0v) is 54.0. The highest BCUT2D eigenvalue weighted by Gasteiger charge is 2.26. The van der Waals surface area contributed by atoms with Crippen LogP contribution >= 0.6 is 7.82 Å². The van der Waals surface area contributed by atoms with Gasteiger partial charge < -0.3 is 20.1 Å². The monoisotopic (exact) mass is 1170 g/mol. The quantitative estimate of drug-likeness (QED) is 0.0264. The zero-order valence-electron chi connectivity index (χ0n) is 53.1. The number of allylic oxidation sites excluding steroid dienone is 22. The molecule has 10 heteroatoms. The number of esters is 2. The van der Waals surface area contributed by atoms with Gasteiger partial charge in [0.1, 0.15) is 6.61 Å². The first-order chi connectivity index (χ1) is 40.8. The second-order valence-corrected chi connectivity index (χ2v) is 23.4. The van der Waals surface area contributed by atoms with Crippen molar-refractivity contribution in [2.24, 2.45) is 5.73 Å². The van der Waals surface area contributed by atoms with Crippen molar-refractivity contribution in [2.45, 2.75) is 290 Å². The first-order valence-electron chi connectivity index (χ1n) is 33.7. The van der Waals surface area contributed by atoms with E-state index in [0.29, 0.717) is 6.42 Å². The molecular formula is C73H124NO8P. The van der Waals surface area contributed by atoms with Crippen molar-refractivity contribution in [3.63, 3.8) is 0 Å². The molecule has 0 radical (unpaired) electrons. The predicted octanol–water partition coefficient (Wildman–Crippen LogP) is 22.1. The van der Waals surface area contributed by atoms with E-state index in [2.05, 4.69) is 148 Å². The van der Waals surface area contributed by atoms with Gasteiger partial charge in [-0.15, -0.1) is 0 Å². The molecule has 0 fully saturated rings. The van der Waals surface area contributed by atoms with Gasteiger partial charge in [-0.3, -0.25) is 18.6 Å². The SMILES string of the molecule is CC/C=C\C/C=C\C/C=C\C/C=C\C/C=C\C/C=C\C/C=C\C/C=C\CCCCCCCCCCC(=O)OC(COC(=O)CCCCCCCCCCCCCCCC/C=C\C/C=C\C/C=C\CCCCCCC)COP(=O)(O)OCCN. The molecule has 3 N–H and O–H groups in total. The summed E-state index contributed by atoms with van der Waals surface area (Å²) in [6.07, 6.45) is 95.2. The first-order valence-corrected chi connectivity index (χ1v) is 35.2. The van der Waals surface area contributed by atoms with Crippen molar-refractivity contribution >= 4 is 19.8 Å². The van der Waals surface area contributed by atoms with Gasteiger partial charge >= 0.3 is 19.8 Å². The lowest BCUT2D eigenvalue weighted by molar-refractivity contribution is -0.161. The molecule has 0 aliphatic rings. The van der Waals surface area contributed by atoms with Gasteiger partial charge in [0.2, 0.25) is 0 Å². The van der Waals surface area contributed by atoms with E-state index in [1.165, 1.54) is 141 Å². The van der Waals surface area contributed by atoms with Gasteiger partial charge in [0, 0.05) is 19.4 Å². The van der Waals surface area contributed by atoms with Crippen LogP contribution in [0.15, 0.2) is 134 Å². The van der Waals surface area contributed by atoms with Crippen LogP contribution in [0.4, 0.5) is 0 Å². The van der Waals surface area contributed by atoms with E-state index in [0.717, 1.165) is 109 Å². The van der Waals surface area contributed by atoms with E-state index in [1.54, 1.807) is 0 Å². The maximum absolute atomic E-state index is 12.8. The fourth-order valence-electron chi connectivity index (χ4n) is 9.07. The smallest absolute Gasteiger partial charge is 0.462 e. The Kier molecular flexibility index (Phi) is 64.2. The standard InChI is InChI=1S/C73H124NO8P/c1-3-5-7-9-11-13-15-17-19-21-23-25-27-29-31-33-34-35-36-38-40-42-44-46-48-50-52-54-56-58-60-62-64-66-73(76)82-71(70-81-83(77,78)80-68-67-74)69-79-72(75)65-63-61-59-57-55-53-51-49-47-45-43-41-39-37-32-30-28-26-24-22-20-18-16-14-12-10-8-6-4-2/h5,7,11,13,16-19,22-25,28-31,34-35,38,40,44,46,71H,3-4,6,8-10,12,14-15,20-21,26-27,32-33,36-37,39,41-43,45,47-70,74H2,1-2H3,(H,77,78)/b7-5-,13-11-,18-16-,19-17-,24-22-,25-23-,30-28-,31-29-,35-34-,40-38-,46-44-. The third-order valence-electron chi connectivity index (χ3n) is 14.0. The van der Waals surface area contributed by atoms with Crippen LogP contribution in [0.25, 0.3) is 0 Å². The highest BCUT2D eigenvalue weighted by Crippen LogP contribution is 2.43. The molecule has 0 aliphatic carbocycles. The number of carbonyl (C=O) groups is 2. The Balaban J connectivity index is 3.97. The van der Waals surface area contributed by atoms with Crippen LogP contribution in [0.3, 0.4) is 0 Å². The Morgan fingerprint density at radius 2 is 0.663 bits per heavy atom. The molecule has 0 amide bonds. The average Bonchev–Trinajstić information content (AvgIpc) is 3.49. The topological polar surface area (TPSA) is 134 Å². The maximum Gasteiger partial charge on any atom is 0.472 e. The number of carbonyl (C=O) groups excluding carboxylic acids is 2. The number of rotatable bonds is 62. The molecule has 2 unspecified atom stereocenters. The summed E-state index contributed by atoms with van der Waals surface area (Å²) in [5.74, 6) is -0.840. The van der Waals surface area contributed by atoms with Crippen LogP contribution < -0.4 is 5.73 Å². The van der Waals surface area contributed by atoms with Gasteiger partial charge in [-0.1, -0.05) is 289 Å². The van der Waals surface area contributed by atoms with Crippen molar-refractivity contribution in [3.8, 4) is 0 Å². The predicted molar refractivity (Wildman–Crippen MR) is 357 cm³/mol. The zero-order chi connectivity index (χ0) is 60.1. The van der Waals surface area contributed by atoms with Gasteiger partial charge in [-0.25, -0.2) is 4.57 Å². The summed E-state index contributed by atoms with van der Waals surface area (Å²) in [6, 6.07) is 0. The lowest BCUT2D eigenvalue weighted by Gasteiger charge is -2.19. The highest BCUT2D eigenvalue weighted by molar-refractivity contribution is 7.47. The molecule has 0 spiro atoms. The van der Waals surface area contributed by atoms with Crippen LogP contribution in [0.1, 0.15) is 284 Å². The van der Waals surface area contributed by atoms with Crippen LogP contribution in [-0.4, -0.2) is 49.3 Å². The minimum atomic E-state index is -4.40. The number of unbranched alkanes of at least 4 members (excludes halogenated alkanes) is 27. The van der Waals surface area contributed by atoms with Crippen LogP contribution in [-0.2, 0) is 32.7 Å². The summed E-state index contributed by atoms with van der Waals surface area (Å²) >= 11 is 0. The van der Waals surface area contributed by atoms with Gasteiger partial charge in [0.15, 0.2) is 6.10 Å². The molecule has 0 rings (SSSR count). The molecule has 0 bridgehead atoms. The van der Waals surface area contributed by atoms with Crippen molar-refractivity contribution in [2.75, 3.05) is 26.4 Å². The lowest BCUT2D eigenvalue weighted by atomic mass is 10.0. The van der Waals surface area contributed by atoms with Crippen molar-refractivity contribution in [3.05, 3.63) is 134 Å². The summed E-state index contributed by atoms with van der Waals surface area (Å²) in [6.45, 7) is 3.62. The number of ether oxygens (including phenoxy) is 2. The number of hydrogen-bond donors (Lipinski definition) is 2. The average molecular weight is 1170 g/mol. The van der Waals surface area contributed by atoms with E-state index < -0.39 is 26.5 Å². The molecule has 9 nitrogen and oxygen atoms in total. The molecule has 0 heterocycles. The summed E-state index contributed by atoms with van der Waals surface area (Å²) in [5, 5.41) is 0. The number of nitrogens with two attached hydrogens (primary N) is 1. The minimum absolute atomic E-state index is 0.0458. The summed E-state index contributed by atoms with van der Waals surface area (Å²) < 4.78 is 33.1. The molecule has 0 aromatic rings. The Bertz CT molecular complexity index is 1820. The Labute approximate surface area is 510 Å². The van der Waals surface area contributed by atoms with Gasteiger partial charge in [0.05, 0.1) is 13.2 Å². The lowest BCUT2D eigenvalue weighted by Crippen LogP contribution is -2.29. The summed E-state index contributed by atoms with van der Waals surface area (Å²) in [7, 11) is -4.40. The fraction of sp³-hybridized carbons (Fsp3) is 0.671.